The Hall–Kier alpha value is -1.26. The molecule has 2 aliphatic rings. The first-order chi connectivity index (χ1) is 8.84. The molecule has 0 bridgehead atoms. The highest BCUT2D eigenvalue weighted by Gasteiger charge is 2.20. The highest BCUT2D eigenvalue weighted by Crippen LogP contribution is 2.28. The van der Waals surface area contributed by atoms with Gasteiger partial charge >= 0.3 is 0 Å². The van der Waals surface area contributed by atoms with Gasteiger partial charge in [-0.25, -0.2) is 0 Å². The Morgan fingerprint density at radius 3 is 3.17 bits per heavy atom. The maximum Gasteiger partial charge on any atom is 0.125 e. The first kappa shape index (κ1) is 11.8. The van der Waals surface area contributed by atoms with E-state index in [-0.39, 0.29) is 0 Å². The Labute approximate surface area is 108 Å². The summed E-state index contributed by atoms with van der Waals surface area (Å²) in [5.74, 6) is 1.02. The zero-order valence-corrected chi connectivity index (χ0v) is 10.8. The summed E-state index contributed by atoms with van der Waals surface area (Å²) in [6.07, 6.45) is 0. The summed E-state index contributed by atoms with van der Waals surface area (Å²) < 4.78 is 11.3. The molecule has 4 nitrogen and oxygen atoms in total. The summed E-state index contributed by atoms with van der Waals surface area (Å²) in [6, 6.07) is 6.97. The third-order valence-electron chi connectivity index (χ3n) is 3.60. The van der Waals surface area contributed by atoms with Crippen LogP contribution in [0.4, 0.5) is 5.69 Å². The molecule has 0 saturated carbocycles. The molecule has 1 N–H and O–H groups in total. The van der Waals surface area contributed by atoms with Crippen LogP contribution in [0.25, 0.3) is 0 Å². The van der Waals surface area contributed by atoms with E-state index in [2.05, 4.69) is 35.3 Å². The molecule has 4 heteroatoms. The summed E-state index contributed by atoms with van der Waals surface area (Å²) in [5, 5.41) is 3.35. The van der Waals surface area contributed by atoms with Crippen LogP contribution in [0, 0.1) is 0 Å². The molecule has 1 aromatic rings. The molecule has 98 valence electrons. The minimum atomic E-state index is 0.431. The lowest BCUT2D eigenvalue weighted by Crippen LogP contribution is -2.43. The van der Waals surface area contributed by atoms with Crippen LogP contribution in [-0.2, 0) is 11.3 Å². The zero-order valence-electron chi connectivity index (χ0n) is 10.8. The second-order valence-electron chi connectivity index (χ2n) is 4.93. The smallest absolute Gasteiger partial charge is 0.125 e. The molecule has 0 unspecified atom stereocenters. The van der Waals surface area contributed by atoms with Gasteiger partial charge in [-0.05, 0) is 13.0 Å². The Balaban J connectivity index is 1.86. The second kappa shape index (κ2) is 5.16. The van der Waals surface area contributed by atoms with Gasteiger partial charge in [0.25, 0.3) is 0 Å². The first-order valence-electron chi connectivity index (χ1n) is 6.65. The second-order valence-corrected chi connectivity index (χ2v) is 4.93. The van der Waals surface area contributed by atoms with Crippen LogP contribution in [0.1, 0.15) is 12.5 Å². The lowest BCUT2D eigenvalue weighted by atomic mass is 10.1. The lowest BCUT2D eigenvalue weighted by molar-refractivity contribution is 0.0989. The standard InChI is InChI=1S/C14H20N2O2/c1-11-10-17-7-5-16(11)13-3-2-12-9-15-4-6-18-14(12)8-13/h2-3,8,11,15H,4-7,9-10H2,1H3/t11-/m1/s1. The van der Waals surface area contributed by atoms with E-state index in [9.17, 15) is 0 Å². The molecule has 0 spiro atoms. The summed E-state index contributed by atoms with van der Waals surface area (Å²) in [5.41, 5.74) is 2.49. The van der Waals surface area contributed by atoms with Gasteiger partial charge in [-0.1, -0.05) is 6.07 Å². The number of fused-ring (bicyclic) bond motifs is 1. The Morgan fingerprint density at radius 2 is 2.28 bits per heavy atom. The third kappa shape index (κ3) is 2.31. The molecule has 0 aliphatic carbocycles. The Bertz CT molecular complexity index is 422. The zero-order chi connectivity index (χ0) is 12.4. The number of nitrogens with zero attached hydrogens (tertiary/aromatic N) is 1. The normalized spacial score (nSPS) is 24.1. The number of nitrogens with one attached hydrogen (secondary N) is 1. The molecular formula is C14H20N2O2. The quantitative estimate of drug-likeness (QED) is 0.814. The molecule has 18 heavy (non-hydrogen) atoms. The van der Waals surface area contributed by atoms with Gasteiger partial charge in [0.15, 0.2) is 0 Å². The van der Waals surface area contributed by atoms with Crippen molar-refractivity contribution in [3.05, 3.63) is 23.8 Å². The largest absolute Gasteiger partial charge is 0.492 e. The van der Waals surface area contributed by atoms with Crippen molar-refractivity contribution < 1.29 is 9.47 Å². The minimum absolute atomic E-state index is 0.431. The predicted molar refractivity (Wildman–Crippen MR) is 71.3 cm³/mol. The van der Waals surface area contributed by atoms with E-state index in [0.29, 0.717) is 6.04 Å². The van der Waals surface area contributed by atoms with E-state index in [0.717, 1.165) is 45.2 Å². The highest BCUT2D eigenvalue weighted by atomic mass is 16.5. The van der Waals surface area contributed by atoms with Crippen molar-refractivity contribution in [2.24, 2.45) is 0 Å². The molecule has 0 radical (unpaired) electrons. The summed E-state index contributed by atoms with van der Waals surface area (Å²) in [6.45, 7) is 7.33. The topological polar surface area (TPSA) is 33.7 Å². The van der Waals surface area contributed by atoms with Crippen LogP contribution in [-0.4, -0.2) is 39.0 Å². The van der Waals surface area contributed by atoms with E-state index in [4.69, 9.17) is 9.47 Å². The molecule has 1 aromatic carbocycles. The number of rotatable bonds is 1. The Kier molecular flexibility index (Phi) is 3.39. The molecule has 2 aliphatic heterocycles. The van der Waals surface area contributed by atoms with Crippen molar-refractivity contribution in [3.8, 4) is 5.75 Å². The van der Waals surface area contributed by atoms with Gasteiger partial charge in [0.1, 0.15) is 12.4 Å². The van der Waals surface area contributed by atoms with Crippen LogP contribution in [0.5, 0.6) is 5.75 Å². The van der Waals surface area contributed by atoms with E-state index in [1.54, 1.807) is 0 Å². The molecule has 3 rings (SSSR count). The average Bonchev–Trinajstić information content (AvgIpc) is 2.63. The Morgan fingerprint density at radius 1 is 1.33 bits per heavy atom. The van der Waals surface area contributed by atoms with E-state index in [1.807, 2.05) is 0 Å². The van der Waals surface area contributed by atoms with E-state index >= 15 is 0 Å². The van der Waals surface area contributed by atoms with Crippen molar-refractivity contribution in [2.75, 3.05) is 37.8 Å². The van der Waals surface area contributed by atoms with Gasteiger partial charge in [0, 0.05) is 43.0 Å². The van der Waals surface area contributed by atoms with Crippen LogP contribution < -0.4 is 15.0 Å². The number of benzene rings is 1. The fraction of sp³-hybridized carbons (Fsp3) is 0.571. The van der Waals surface area contributed by atoms with Crippen molar-refractivity contribution in [2.45, 2.75) is 19.5 Å². The lowest BCUT2D eigenvalue weighted by Gasteiger charge is -2.35. The molecule has 2 heterocycles. The fourth-order valence-electron chi connectivity index (χ4n) is 2.57. The number of anilines is 1. The minimum Gasteiger partial charge on any atom is -0.492 e. The van der Waals surface area contributed by atoms with Crippen LogP contribution in [0.15, 0.2) is 18.2 Å². The molecule has 1 atom stereocenters. The number of hydrogen-bond donors (Lipinski definition) is 1. The molecule has 1 saturated heterocycles. The van der Waals surface area contributed by atoms with Crippen molar-refractivity contribution >= 4 is 5.69 Å². The maximum atomic E-state index is 5.79. The van der Waals surface area contributed by atoms with Gasteiger partial charge < -0.3 is 19.7 Å². The number of hydrogen-bond acceptors (Lipinski definition) is 4. The molecule has 0 aromatic heterocycles. The van der Waals surface area contributed by atoms with Crippen molar-refractivity contribution in [1.82, 2.24) is 5.32 Å². The first-order valence-corrected chi connectivity index (χ1v) is 6.65. The predicted octanol–water partition coefficient (Wildman–Crippen LogP) is 1.39. The third-order valence-corrected chi connectivity index (χ3v) is 3.60. The van der Waals surface area contributed by atoms with Gasteiger partial charge in [-0.15, -0.1) is 0 Å². The fourth-order valence-corrected chi connectivity index (χ4v) is 2.57. The van der Waals surface area contributed by atoms with E-state index < -0.39 is 0 Å². The van der Waals surface area contributed by atoms with Crippen molar-refractivity contribution in [3.63, 3.8) is 0 Å². The maximum absolute atomic E-state index is 5.79. The monoisotopic (exact) mass is 248 g/mol. The summed E-state index contributed by atoms with van der Waals surface area (Å²) in [7, 11) is 0. The molecular weight excluding hydrogens is 228 g/mol. The SMILES string of the molecule is C[C@@H]1COCCN1c1ccc2c(c1)OCCNC2. The van der Waals surface area contributed by atoms with Gasteiger partial charge in [0.05, 0.1) is 13.2 Å². The van der Waals surface area contributed by atoms with Crippen LogP contribution >= 0.6 is 0 Å². The van der Waals surface area contributed by atoms with E-state index in [1.165, 1.54) is 11.3 Å². The van der Waals surface area contributed by atoms with Gasteiger partial charge in [0.2, 0.25) is 0 Å². The average molecular weight is 248 g/mol. The number of ether oxygens (including phenoxy) is 2. The van der Waals surface area contributed by atoms with Gasteiger partial charge in [-0.3, -0.25) is 0 Å². The molecule has 1 fully saturated rings. The highest BCUT2D eigenvalue weighted by molar-refractivity contribution is 5.55. The van der Waals surface area contributed by atoms with Gasteiger partial charge in [-0.2, -0.15) is 0 Å². The van der Waals surface area contributed by atoms with Crippen LogP contribution in [0.3, 0.4) is 0 Å². The number of morpholine rings is 1. The summed E-state index contributed by atoms with van der Waals surface area (Å²) in [4.78, 5) is 2.39. The molecule has 0 amide bonds. The van der Waals surface area contributed by atoms with Crippen molar-refractivity contribution in [1.29, 1.82) is 0 Å². The summed E-state index contributed by atoms with van der Waals surface area (Å²) >= 11 is 0. The van der Waals surface area contributed by atoms with Crippen LogP contribution in [0.2, 0.25) is 0 Å².